The molecule has 4 heteroatoms. The van der Waals surface area contributed by atoms with Crippen molar-refractivity contribution in [3.05, 3.63) is 18.2 Å². The van der Waals surface area contributed by atoms with Crippen LogP contribution in [0.1, 0.15) is 0 Å². The molecule has 0 radical (unpaired) electrons. The Morgan fingerprint density at radius 2 is 2.25 bits per heavy atom. The van der Waals surface area contributed by atoms with Gasteiger partial charge in [-0.25, -0.2) is 0 Å². The van der Waals surface area contributed by atoms with Crippen LogP contribution < -0.4 is 15.4 Å². The molecule has 1 aliphatic heterocycles. The van der Waals surface area contributed by atoms with Crippen LogP contribution >= 0.6 is 0 Å². The molecule has 1 heterocycles. The molecular formula is C12H19N3O. The highest BCUT2D eigenvalue weighted by Gasteiger charge is 2.17. The lowest BCUT2D eigenvalue weighted by atomic mass is 10.2. The van der Waals surface area contributed by atoms with Crippen LogP contribution in [0.15, 0.2) is 18.2 Å². The van der Waals surface area contributed by atoms with Crippen molar-refractivity contribution in [1.82, 2.24) is 4.90 Å². The summed E-state index contributed by atoms with van der Waals surface area (Å²) in [6, 6.07) is 5.87. The molecule has 2 N–H and O–H groups in total. The number of hydrogen-bond acceptors (Lipinski definition) is 4. The Hall–Kier alpha value is -1.42. The maximum Gasteiger partial charge on any atom is 0.144 e. The van der Waals surface area contributed by atoms with Crippen molar-refractivity contribution in [2.75, 3.05) is 51.0 Å². The average molecular weight is 221 g/mol. The molecule has 0 fully saturated rings. The third-order valence-corrected chi connectivity index (χ3v) is 2.76. The number of nitrogens with zero attached hydrogens (tertiary/aromatic N) is 2. The molecule has 0 spiro atoms. The minimum atomic E-state index is 0.740. The van der Waals surface area contributed by atoms with Crippen LogP contribution in [0.5, 0.6) is 5.75 Å². The molecular weight excluding hydrogens is 202 g/mol. The van der Waals surface area contributed by atoms with Crippen LogP contribution in [0.3, 0.4) is 0 Å². The second-order valence-corrected chi connectivity index (χ2v) is 4.37. The number of anilines is 2. The summed E-state index contributed by atoms with van der Waals surface area (Å²) < 4.78 is 5.61. The molecule has 1 aromatic carbocycles. The monoisotopic (exact) mass is 221 g/mol. The third-order valence-electron chi connectivity index (χ3n) is 2.76. The lowest BCUT2D eigenvalue weighted by Gasteiger charge is -2.32. The van der Waals surface area contributed by atoms with Crippen molar-refractivity contribution in [3.63, 3.8) is 0 Å². The van der Waals surface area contributed by atoms with E-state index in [1.807, 2.05) is 18.2 Å². The van der Waals surface area contributed by atoms with Crippen molar-refractivity contribution in [3.8, 4) is 5.75 Å². The van der Waals surface area contributed by atoms with Gasteiger partial charge in [0.25, 0.3) is 0 Å². The van der Waals surface area contributed by atoms with E-state index in [2.05, 4.69) is 23.9 Å². The highest BCUT2D eigenvalue weighted by Crippen LogP contribution is 2.32. The molecule has 0 saturated heterocycles. The van der Waals surface area contributed by atoms with E-state index in [-0.39, 0.29) is 0 Å². The average Bonchev–Trinajstić information content (AvgIpc) is 2.25. The van der Waals surface area contributed by atoms with Gasteiger partial charge in [0.2, 0.25) is 0 Å². The minimum absolute atomic E-state index is 0.740. The van der Waals surface area contributed by atoms with Crippen molar-refractivity contribution in [1.29, 1.82) is 0 Å². The summed E-state index contributed by atoms with van der Waals surface area (Å²) in [4.78, 5) is 4.53. The Bertz CT molecular complexity index is 365. The maximum atomic E-state index is 5.74. The minimum Gasteiger partial charge on any atom is -0.489 e. The highest BCUT2D eigenvalue weighted by atomic mass is 16.5. The molecule has 0 amide bonds. The Balaban J connectivity index is 2.13. The number of nitrogen functional groups attached to an aromatic ring is 1. The van der Waals surface area contributed by atoms with Gasteiger partial charge >= 0.3 is 0 Å². The van der Waals surface area contributed by atoms with Crippen molar-refractivity contribution in [2.24, 2.45) is 0 Å². The summed E-state index contributed by atoms with van der Waals surface area (Å²) in [5.74, 6) is 0.907. The zero-order valence-electron chi connectivity index (χ0n) is 9.94. The summed E-state index contributed by atoms with van der Waals surface area (Å²) in [6.07, 6.45) is 0. The fourth-order valence-corrected chi connectivity index (χ4v) is 1.85. The molecule has 0 saturated carbocycles. The van der Waals surface area contributed by atoms with E-state index in [0.29, 0.717) is 0 Å². The van der Waals surface area contributed by atoms with Gasteiger partial charge in [-0.15, -0.1) is 0 Å². The van der Waals surface area contributed by atoms with Gasteiger partial charge in [0.05, 0.1) is 12.2 Å². The molecule has 0 bridgehead atoms. The Kier molecular flexibility index (Phi) is 3.19. The van der Waals surface area contributed by atoms with E-state index in [0.717, 1.165) is 43.4 Å². The number of rotatable bonds is 3. The maximum absolute atomic E-state index is 5.74. The van der Waals surface area contributed by atoms with Crippen LogP contribution in [-0.2, 0) is 0 Å². The topological polar surface area (TPSA) is 41.7 Å². The Labute approximate surface area is 96.6 Å². The predicted molar refractivity (Wildman–Crippen MR) is 67.1 cm³/mol. The van der Waals surface area contributed by atoms with E-state index < -0.39 is 0 Å². The molecule has 1 aromatic rings. The van der Waals surface area contributed by atoms with Crippen molar-refractivity contribution in [2.45, 2.75) is 0 Å². The first-order valence-corrected chi connectivity index (χ1v) is 5.59. The molecule has 0 atom stereocenters. The molecule has 16 heavy (non-hydrogen) atoms. The van der Waals surface area contributed by atoms with Crippen LogP contribution in [-0.4, -0.2) is 45.2 Å². The van der Waals surface area contributed by atoms with E-state index >= 15 is 0 Å². The van der Waals surface area contributed by atoms with Gasteiger partial charge in [-0.1, -0.05) is 0 Å². The molecule has 4 nitrogen and oxygen atoms in total. The van der Waals surface area contributed by atoms with Gasteiger partial charge in [-0.2, -0.15) is 0 Å². The van der Waals surface area contributed by atoms with Crippen molar-refractivity contribution < 1.29 is 4.74 Å². The molecule has 0 unspecified atom stereocenters. The molecule has 0 aromatic heterocycles. The summed E-state index contributed by atoms with van der Waals surface area (Å²) in [6.45, 7) is 3.76. The zero-order valence-corrected chi connectivity index (χ0v) is 9.94. The smallest absolute Gasteiger partial charge is 0.144 e. The van der Waals surface area contributed by atoms with Crippen LogP contribution in [0.4, 0.5) is 11.4 Å². The van der Waals surface area contributed by atoms with E-state index in [1.54, 1.807) is 0 Å². The van der Waals surface area contributed by atoms with E-state index in [9.17, 15) is 0 Å². The second kappa shape index (κ2) is 4.61. The SMILES string of the molecule is CN(C)CCN1CCOc2cc(N)ccc21. The number of nitrogens with two attached hydrogens (primary N) is 1. The molecule has 0 aliphatic carbocycles. The molecule has 1 aliphatic rings. The zero-order chi connectivity index (χ0) is 11.5. The largest absolute Gasteiger partial charge is 0.489 e. The number of benzene rings is 1. The van der Waals surface area contributed by atoms with Gasteiger partial charge in [-0.3, -0.25) is 0 Å². The van der Waals surface area contributed by atoms with Crippen LogP contribution in [0, 0.1) is 0 Å². The van der Waals surface area contributed by atoms with Gasteiger partial charge in [0.1, 0.15) is 12.4 Å². The fraction of sp³-hybridized carbons (Fsp3) is 0.500. The number of likely N-dealkylation sites (N-methyl/N-ethyl adjacent to an activating group) is 1. The first-order chi connectivity index (χ1) is 7.66. The van der Waals surface area contributed by atoms with Gasteiger partial charge in [0.15, 0.2) is 0 Å². The standard InChI is InChI=1S/C12H19N3O/c1-14(2)5-6-15-7-8-16-12-9-10(13)3-4-11(12)15/h3-4,9H,5-8,13H2,1-2H3. The normalized spacial score (nSPS) is 14.8. The summed E-state index contributed by atoms with van der Waals surface area (Å²) in [7, 11) is 4.18. The Morgan fingerprint density at radius 1 is 1.44 bits per heavy atom. The lowest BCUT2D eigenvalue weighted by molar-refractivity contribution is 0.303. The lowest BCUT2D eigenvalue weighted by Crippen LogP contribution is -2.37. The summed E-state index contributed by atoms with van der Waals surface area (Å²) >= 11 is 0. The number of fused-ring (bicyclic) bond motifs is 1. The van der Waals surface area contributed by atoms with E-state index in [4.69, 9.17) is 10.5 Å². The molecule has 2 rings (SSSR count). The first-order valence-electron chi connectivity index (χ1n) is 5.59. The van der Waals surface area contributed by atoms with Crippen molar-refractivity contribution >= 4 is 11.4 Å². The second-order valence-electron chi connectivity index (χ2n) is 4.37. The molecule has 88 valence electrons. The van der Waals surface area contributed by atoms with Crippen LogP contribution in [0.25, 0.3) is 0 Å². The quantitative estimate of drug-likeness (QED) is 0.774. The fourth-order valence-electron chi connectivity index (χ4n) is 1.85. The summed E-state index contributed by atoms with van der Waals surface area (Å²) in [5.41, 5.74) is 7.66. The van der Waals surface area contributed by atoms with Gasteiger partial charge in [-0.05, 0) is 26.2 Å². The first kappa shape index (κ1) is 11.1. The highest BCUT2D eigenvalue weighted by molar-refractivity contribution is 5.65. The number of ether oxygens (including phenoxy) is 1. The van der Waals surface area contributed by atoms with Crippen LogP contribution in [0.2, 0.25) is 0 Å². The number of hydrogen-bond donors (Lipinski definition) is 1. The summed E-state index contributed by atoms with van der Waals surface area (Å²) in [5, 5.41) is 0. The van der Waals surface area contributed by atoms with Gasteiger partial charge in [0, 0.05) is 24.8 Å². The van der Waals surface area contributed by atoms with Gasteiger partial charge < -0.3 is 20.3 Å². The Morgan fingerprint density at radius 3 is 3.00 bits per heavy atom. The van der Waals surface area contributed by atoms with E-state index in [1.165, 1.54) is 0 Å². The predicted octanol–water partition coefficient (Wildman–Crippen LogP) is 1.03. The third kappa shape index (κ3) is 2.39.